The molecule has 0 bridgehead atoms. The van der Waals surface area contributed by atoms with Gasteiger partial charge in [-0.15, -0.1) is 11.8 Å². The van der Waals surface area contributed by atoms with Crippen molar-refractivity contribution in [2.24, 2.45) is 0 Å². The van der Waals surface area contributed by atoms with E-state index in [1.165, 1.54) is 11.8 Å². The van der Waals surface area contributed by atoms with E-state index >= 15 is 0 Å². The second-order valence-corrected chi connectivity index (χ2v) is 8.03. The van der Waals surface area contributed by atoms with Gasteiger partial charge in [0.05, 0.1) is 17.8 Å². The number of hydrogen-bond acceptors (Lipinski definition) is 7. The van der Waals surface area contributed by atoms with Crippen LogP contribution in [0.4, 0.5) is 0 Å². The number of nitrogens with zero attached hydrogens (tertiary/aromatic N) is 4. The van der Waals surface area contributed by atoms with E-state index in [4.69, 9.17) is 16.7 Å². The lowest BCUT2D eigenvalue weighted by atomic mass is 10.2. The summed E-state index contributed by atoms with van der Waals surface area (Å²) in [7, 11) is 0. The highest BCUT2D eigenvalue weighted by atomic mass is 32.2. The number of H-pyrrole nitrogens is 1. The molecule has 3 aromatic rings. The summed E-state index contributed by atoms with van der Waals surface area (Å²) >= 11 is 6.77. The Bertz CT molecular complexity index is 1050. The first-order valence-corrected chi connectivity index (χ1v) is 10.4. The monoisotopic (exact) mass is 416 g/mol. The van der Waals surface area contributed by atoms with E-state index in [2.05, 4.69) is 25.7 Å². The van der Waals surface area contributed by atoms with Gasteiger partial charge in [0.25, 0.3) is 5.91 Å². The van der Waals surface area contributed by atoms with E-state index in [0.29, 0.717) is 33.7 Å². The van der Waals surface area contributed by atoms with Gasteiger partial charge in [-0.05, 0) is 51.0 Å². The van der Waals surface area contributed by atoms with E-state index in [0.717, 1.165) is 35.7 Å². The fourth-order valence-electron chi connectivity index (χ4n) is 2.95. The molecule has 1 fully saturated rings. The Balaban J connectivity index is 1.45. The van der Waals surface area contributed by atoms with Gasteiger partial charge in [-0.3, -0.25) is 14.5 Å². The second kappa shape index (κ2) is 7.88. The van der Waals surface area contributed by atoms with Gasteiger partial charge >= 0.3 is 0 Å². The Labute approximate surface area is 171 Å². The van der Waals surface area contributed by atoms with Gasteiger partial charge in [0, 0.05) is 23.6 Å². The van der Waals surface area contributed by atoms with Crippen LogP contribution in [0.25, 0.3) is 0 Å². The maximum Gasteiger partial charge on any atom is 0.254 e. The van der Waals surface area contributed by atoms with Gasteiger partial charge in [0.2, 0.25) is 0 Å². The lowest BCUT2D eigenvalue weighted by molar-refractivity contribution is 0.0945. The quantitative estimate of drug-likeness (QED) is 0.449. The number of aryl methyl sites for hydroxylation is 2. The van der Waals surface area contributed by atoms with E-state index in [9.17, 15) is 4.79 Å². The van der Waals surface area contributed by atoms with Crippen LogP contribution in [-0.4, -0.2) is 30.8 Å². The van der Waals surface area contributed by atoms with Crippen molar-refractivity contribution < 1.29 is 9.32 Å². The number of hydrogen-bond donors (Lipinski definition) is 2. The van der Waals surface area contributed by atoms with Gasteiger partial charge in [-0.2, -0.15) is 5.10 Å². The molecule has 3 heterocycles. The van der Waals surface area contributed by atoms with Crippen LogP contribution in [0.1, 0.15) is 52.1 Å². The standard InChI is InChI=1S/C18H20N6O2S2/c1-10-14(11(2)26-23-10)9-28-17-13(4-3-7-19-17)16(25)20-8-15-21-22-18(27)24(15)12-5-6-12/h3-4,7,12H,5-6,8-9H2,1-2H3,(H,20,25)(H,22,27). The van der Waals surface area contributed by atoms with E-state index < -0.39 is 0 Å². The predicted octanol–water partition coefficient (Wildman–Crippen LogP) is 3.50. The van der Waals surface area contributed by atoms with Gasteiger partial charge < -0.3 is 9.84 Å². The van der Waals surface area contributed by atoms with Crippen molar-refractivity contribution in [1.29, 1.82) is 0 Å². The molecule has 0 radical (unpaired) electrons. The Morgan fingerprint density at radius 3 is 3.00 bits per heavy atom. The van der Waals surface area contributed by atoms with Crippen molar-refractivity contribution in [2.45, 2.75) is 50.1 Å². The maximum atomic E-state index is 12.8. The van der Waals surface area contributed by atoms with E-state index in [-0.39, 0.29) is 5.91 Å². The molecule has 0 saturated heterocycles. The SMILES string of the molecule is Cc1noc(C)c1CSc1ncccc1C(=O)NCc1n[nH]c(=S)n1C1CC1. The number of carbonyl (C=O) groups excluding carboxylic acids is 1. The summed E-state index contributed by atoms with van der Waals surface area (Å²) in [6.45, 7) is 4.10. The summed E-state index contributed by atoms with van der Waals surface area (Å²) in [6.07, 6.45) is 3.88. The Morgan fingerprint density at radius 1 is 1.46 bits per heavy atom. The van der Waals surface area contributed by atoms with Crippen molar-refractivity contribution in [3.05, 3.63) is 51.5 Å². The Morgan fingerprint density at radius 2 is 2.29 bits per heavy atom. The molecule has 8 nitrogen and oxygen atoms in total. The summed E-state index contributed by atoms with van der Waals surface area (Å²) in [5, 5.41) is 14.6. The van der Waals surface area contributed by atoms with Crippen LogP contribution in [0.5, 0.6) is 0 Å². The summed E-state index contributed by atoms with van der Waals surface area (Å²) in [5.41, 5.74) is 2.42. The summed E-state index contributed by atoms with van der Waals surface area (Å²) in [6, 6.07) is 3.93. The van der Waals surface area contributed by atoms with Gasteiger partial charge in [-0.1, -0.05) is 5.16 Å². The molecule has 1 amide bonds. The molecule has 1 aliphatic carbocycles. The third-order valence-corrected chi connectivity index (χ3v) is 5.97. The number of rotatable bonds is 7. The van der Waals surface area contributed by atoms with Crippen molar-refractivity contribution in [1.82, 2.24) is 30.2 Å². The highest BCUT2D eigenvalue weighted by Crippen LogP contribution is 2.35. The first-order chi connectivity index (χ1) is 13.5. The largest absolute Gasteiger partial charge is 0.361 e. The molecule has 0 aromatic carbocycles. The molecule has 28 heavy (non-hydrogen) atoms. The molecule has 0 unspecified atom stereocenters. The lowest BCUT2D eigenvalue weighted by Gasteiger charge is -2.10. The Hall–Kier alpha value is -2.46. The number of thioether (sulfide) groups is 1. The molecule has 10 heteroatoms. The molecule has 4 rings (SSSR count). The molecule has 146 valence electrons. The smallest absolute Gasteiger partial charge is 0.254 e. The van der Waals surface area contributed by atoms with Crippen LogP contribution < -0.4 is 5.32 Å². The molecule has 1 aliphatic rings. The highest BCUT2D eigenvalue weighted by Gasteiger charge is 2.27. The van der Waals surface area contributed by atoms with Crippen LogP contribution in [0.2, 0.25) is 0 Å². The minimum Gasteiger partial charge on any atom is -0.361 e. The summed E-state index contributed by atoms with van der Waals surface area (Å²) < 4.78 is 7.80. The normalized spacial score (nSPS) is 13.6. The molecule has 3 aromatic heterocycles. The van der Waals surface area contributed by atoms with Crippen molar-refractivity contribution in [2.75, 3.05) is 0 Å². The maximum absolute atomic E-state index is 12.8. The first kappa shape index (κ1) is 18.9. The fourth-order valence-corrected chi connectivity index (χ4v) is 4.40. The van der Waals surface area contributed by atoms with Gasteiger partial charge in [0.15, 0.2) is 10.6 Å². The summed E-state index contributed by atoms with van der Waals surface area (Å²) in [5.74, 6) is 1.98. The van der Waals surface area contributed by atoms with Crippen LogP contribution in [0.15, 0.2) is 27.9 Å². The zero-order valence-corrected chi connectivity index (χ0v) is 17.2. The topological polar surface area (TPSA) is 102 Å². The van der Waals surface area contributed by atoms with Crippen LogP contribution in [0, 0.1) is 18.6 Å². The number of amides is 1. The lowest BCUT2D eigenvalue weighted by Crippen LogP contribution is -2.25. The number of nitrogens with one attached hydrogen (secondary N) is 2. The molecular formula is C18H20N6O2S2. The zero-order valence-electron chi connectivity index (χ0n) is 15.6. The second-order valence-electron chi connectivity index (χ2n) is 6.68. The molecule has 0 spiro atoms. The predicted molar refractivity (Wildman–Crippen MR) is 107 cm³/mol. The highest BCUT2D eigenvalue weighted by molar-refractivity contribution is 7.98. The number of carbonyl (C=O) groups is 1. The molecular weight excluding hydrogens is 396 g/mol. The van der Waals surface area contributed by atoms with Crippen LogP contribution in [0.3, 0.4) is 0 Å². The van der Waals surface area contributed by atoms with Crippen LogP contribution >= 0.6 is 24.0 Å². The molecule has 0 aliphatic heterocycles. The van der Waals surface area contributed by atoms with Crippen molar-refractivity contribution >= 4 is 29.9 Å². The van der Waals surface area contributed by atoms with E-state index in [1.807, 2.05) is 18.4 Å². The average molecular weight is 417 g/mol. The number of pyridine rings is 1. The third-order valence-electron chi connectivity index (χ3n) is 4.65. The molecule has 1 saturated carbocycles. The Kier molecular flexibility index (Phi) is 5.31. The van der Waals surface area contributed by atoms with Crippen molar-refractivity contribution in [3.63, 3.8) is 0 Å². The average Bonchev–Trinajstić information content (AvgIpc) is 3.39. The zero-order chi connectivity index (χ0) is 19.7. The minimum absolute atomic E-state index is 0.189. The third kappa shape index (κ3) is 3.88. The van der Waals surface area contributed by atoms with Gasteiger partial charge in [-0.25, -0.2) is 4.98 Å². The van der Waals surface area contributed by atoms with Gasteiger partial charge in [0.1, 0.15) is 10.8 Å². The molecule has 2 N–H and O–H groups in total. The number of aromatic amines is 1. The minimum atomic E-state index is -0.189. The van der Waals surface area contributed by atoms with Crippen LogP contribution in [-0.2, 0) is 12.3 Å². The van der Waals surface area contributed by atoms with Crippen molar-refractivity contribution in [3.8, 4) is 0 Å². The fraction of sp³-hybridized carbons (Fsp3) is 0.389. The molecule has 0 atom stereocenters. The first-order valence-electron chi connectivity index (χ1n) is 8.98. The number of aromatic nitrogens is 5. The van der Waals surface area contributed by atoms with E-state index in [1.54, 1.807) is 18.3 Å². The summed E-state index contributed by atoms with van der Waals surface area (Å²) in [4.78, 5) is 17.1.